The van der Waals surface area contributed by atoms with Crippen LogP contribution >= 0.6 is 11.8 Å². The lowest BCUT2D eigenvalue weighted by Crippen LogP contribution is -2.61. The predicted molar refractivity (Wildman–Crippen MR) is 273 cm³/mol. The Balaban J connectivity index is 1.24. The molecule has 2 aliphatic heterocycles. The molecule has 11 rings (SSSR count). The van der Waals surface area contributed by atoms with Gasteiger partial charge in [0.05, 0.1) is 0 Å². The fourth-order valence-electron chi connectivity index (χ4n) is 10.3. The van der Waals surface area contributed by atoms with E-state index in [-0.39, 0.29) is 23.4 Å². The molecule has 0 saturated carbocycles. The van der Waals surface area contributed by atoms with Gasteiger partial charge in [-0.15, -0.1) is 0 Å². The molecular weight excluding hydrogens is 837 g/mol. The first-order valence-electron chi connectivity index (χ1n) is 22.3. The number of hydrogen-bond acceptors (Lipinski definition) is 3. The van der Waals surface area contributed by atoms with Crippen molar-refractivity contribution < 1.29 is 13.2 Å². The number of thioether (sulfide) groups is 1. The van der Waals surface area contributed by atoms with Crippen LogP contribution in [0.5, 0.6) is 0 Å². The molecule has 9 aromatic rings. The minimum atomic E-state index is -4.51. The summed E-state index contributed by atoms with van der Waals surface area (Å²) in [6.07, 6.45) is 0. The van der Waals surface area contributed by atoms with Crippen molar-refractivity contribution in [3.63, 3.8) is 0 Å². The molecule has 0 aromatic heterocycles. The fraction of sp³-hybridized carbons (Fsp3) is 0.0847. The molecule has 320 valence electrons. The summed E-state index contributed by atoms with van der Waals surface area (Å²) in [5.74, 6) is 0. The second-order valence-corrected chi connectivity index (χ2v) is 18.6. The molecule has 0 bridgehead atoms. The number of aryl methyl sites for hydroxylation is 4. The Bertz CT molecular complexity index is 3110. The zero-order chi connectivity index (χ0) is 45.3. The molecule has 0 aliphatic carbocycles. The summed E-state index contributed by atoms with van der Waals surface area (Å²) in [5, 5.41) is 0. The zero-order valence-corrected chi connectivity index (χ0v) is 37.8. The quantitative estimate of drug-likeness (QED) is 0.116. The van der Waals surface area contributed by atoms with Gasteiger partial charge in [-0.05, 0) is 171 Å². The molecule has 66 heavy (non-hydrogen) atoms. The number of alkyl halides is 3. The highest BCUT2D eigenvalue weighted by Crippen LogP contribution is 2.50. The average molecular weight is 881 g/mol. The van der Waals surface area contributed by atoms with Crippen molar-refractivity contribution in [3.8, 4) is 44.5 Å². The second-order valence-electron chi connectivity index (χ2n) is 17.4. The topological polar surface area (TPSA) is 6.48 Å². The van der Waals surface area contributed by atoms with Gasteiger partial charge in [-0.2, -0.15) is 13.2 Å². The molecule has 7 heteroatoms. The third-order valence-electron chi connectivity index (χ3n) is 13.2. The number of anilines is 6. The average Bonchev–Trinajstić information content (AvgIpc) is 3.31. The van der Waals surface area contributed by atoms with Crippen molar-refractivity contribution in [2.45, 2.75) is 38.1 Å². The van der Waals surface area contributed by atoms with Crippen LogP contribution < -0.4 is 26.2 Å². The highest BCUT2D eigenvalue weighted by Gasteiger charge is 2.45. The lowest BCUT2D eigenvalue weighted by Gasteiger charge is -2.45. The Kier molecular flexibility index (Phi) is 10.3. The molecule has 0 radical (unpaired) electrons. The molecule has 2 aliphatic rings. The summed E-state index contributed by atoms with van der Waals surface area (Å²) in [5.41, 5.74) is 16.9. The van der Waals surface area contributed by atoms with Gasteiger partial charge in [0, 0.05) is 39.0 Å². The maximum absolute atomic E-state index is 14.8. The van der Waals surface area contributed by atoms with Crippen LogP contribution in [-0.2, 0) is 0 Å². The summed E-state index contributed by atoms with van der Waals surface area (Å²) in [4.78, 5) is 4.56. The normalized spacial score (nSPS) is 12.7. The summed E-state index contributed by atoms with van der Waals surface area (Å²) in [6, 6.07) is 67.2. The number of benzene rings is 9. The summed E-state index contributed by atoms with van der Waals surface area (Å²) in [7, 11) is 0. The predicted octanol–water partition coefficient (Wildman–Crippen LogP) is 15.3. The Morgan fingerprint density at radius 1 is 0.379 bits per heavy atom. The Labute approximate surface area is 389 Å². The van der Waals surface area contributed by atoms with Crippen LogP contribution in [0.3, 0.4) is 0 Å². The monoisotopic (exact) mass is 880 g/mol. The molecule has 0 saturated heterocycles. The maximum Gasteiger partial charge on any atom is 0.446 e. The molecule has 0 N–H and O–H groups in total. The van der Waals surface area contributed by atoms with Crippen LogP contribution in [0.25, 0.3) is 44.5 Å². The van der Waals surface area contributed by atoms with Crippen molar-refractivity contribution in [3.05, 3.63) is 216 Å². The van der Waals surface area contributed by atoms with Crippen LogP contribution in [0.2, 0.25) is 0 Å². The SMILES string of the molecule is Cc1cc(N2c3cc(C)c(-c4ccccc4)cc3B3c4cc(-c5ccccc5)c(C)cc4N(c4ccc(-c5ccccc5)c(C)c4)c4cc(SC(F)(F)F)cc2c43)ccc1-c1ccccc1. The molecule has 2 nitrogen and oxygen atoms in total. The van der Waals surface area contributed by atoms with E-state index in [9.17, 15) is 13.2 Å². The van der Waals surface area contributed by atoms with E-state index in [1.165, 1.54) is 0 Å². The Hall–Kier alpha value is -7.22. The smallest absolute Gasteiger partial charge is 0.311 e. The number of rotatable bonds is 7. The first kappa shape index (κ1) is 41.5. The summed E-state index contributed by atoms with van der Waals surface area (Å²) in [6.45, 7) is 8.17. The number of hydrogen-bond donors (Lipinski definition) is 0. The minimum Gasteiger partial charge on any atom is -0.311 e. The molecule has 0 fully saturated rings. The molecule has 0 unspecified atom stereocenters. The van der Waals surface area contributed by atoms with Crippen LogP contribution in [0.15, 0.2) is 199 Å². The summed E-state index contributed by atoms with van der Waals surface area (Å²) >= 11 is -0.0563. The lowest BCUT2D eigenvalue weighted by atomic mass is 9.33. The van der Waals surface area contributed by atoms with Gasteiger partial charge in [0.15, 0.2) is 0 Å². The number of halogens is 3. The molecule has 0 atom stereocenters. The van der Waals surface area contributed by atoms with E-state index >= 15 is 0 Å². The van der Waals surface area contributed by atoms with Gasteiger partial charge in [-0.1, -0.05) is 146 Å². The summed E-state index contributed by atoms with van der Waals surface area (Å²) < 4.78 is 44.4. The Morgan fingerprint density at radius 3 is 1.08 bits per heavy atom. The zero-order valence-electron chi connectivity index (χ0n) is 37.0. The fourth-order valence-corrected chi connectivity index (χ4v) is 10.9. The third-order valence-corrected chi connectivity index (χ3v) is 13.9. The highest BCUT2D eigenvalue weighted by molar-refractivity contribution is 8.00. The molecule has 9 aromatic carbocycles. The van der Waals surface area contributed by atoms with Gasteiger partial charge in [-0.25, -0.2) is 0 Å². The van der Waals surface area contributed by atoms with Crippen molar-refractivity contribution in [2.24, 2.45) is 0 Å². The molecule has 0 spiro atoms. The van der Waals surface area contributed by atoms with Crippen molar-refractivity contribution in [1.82, 2.24) is 0 Å². The van der Waals surface area contributed by atoms with E-state index in [2.05, 4.69) is 171 Å². The van der Waals surface area contributed by atoms with Gasteiger partial charge in [-0.3, -0.25) is 0 Å². The number of fused-ring (bicyclic) bond motifs is 4. The first-order chi connectivity index (χ1) is 32.0. The van der Waals surface area contributed by atoms with E-state index in [0.29, 0.717) is 0 Å². The van der Waals surface area contributed by atoms with Gasteiger partial charge in [0.2, 0.25) is 0 Å². The van der Waals surface area contributed by atoms with E-state index < -0.39 is 5.51 Å². The van der Waals surface area contributed by atoms with Gasteiger partial charge >= 0.3 is 5.51 Å². The third kappa shape index (κ3) is 7.28. The maximum atomic E-state index is 14.8. The minimum absolute atomic E-state index is 0.0563. The van der Waals surface area contributed by atoms with Crippen molar-refractivity contribution >= 4 is 69.0 Å². The van der Waals surface area contributed by atoms with Gasteiger partial charge in [0.25, 0.3) is 6.71 Å². The van der Waals surface area contributed by atoms with Crippen LogP contribution in [0.4, 0.5) is 47.3 Å². The standard InChI is InChI=1S/C59H44BF3N2S/c1-37-29-45(25-27-48(37)41-17-9-5-10-18-41)64-54-31-39(3)50(43-21-13-7-14-22-43)35-52(54)60-53-36-51(44-23-15-8-16-24-44)40(4)32-55(53)65(57-34-47(66-59(61,62)63)33-56(64)58(57)60)46-26-28-49(38(2)30-46)42-19-11-6-12-20-42/h5-36H,1-4H3. The Morgan fingerprint density at radius 2 is 0.727 bits per heavy atom. The van der Waals surface area contributed by atoms with E-state index in [0.717, 1.165) is 117 Å². The first-order valence-corrected chi connectivity index (χ1v) is 23.1. The largest absolute Gasteiger partial charge is 0.446 e. The van der Waals surface area contributed by atoms with Crippen molar-refractivity contribution in [2.75, 3.05) is 9.80 Å². The van der Waals surface area contributed by atoms with Gasteiger partial charge < -0.3 is 9.80 Å². The van der Waals surface area contributed by atoms with Crippen LogP contribution in [0.1, 0.15) is 22.3 Å². The van der Waals surface area contributed by atoms with Crippen LogP contribution in [-0.4, -0.2) is 12.2 Å². The van der Waals surface area contributed by atoms with Crippen LogP contribution in [0, 0.1) is 27.7 Å². The number of nitrogens with zero attached hydrogens (tertiary/aromatic N) is 2. The molecule has 2 heterocycles. The van der Waals surface area contributed by atoms with E-state index in [1.807, 2.05) is 48.5 Å². The molecule has 0 amide bonds. The molecular formula is C59H44BF3N2S. The van der Waals surface area contributed by atoms with E-state index in [4.69, 9.17) is 0 Å². The lowest BCUT2D eigenvalue weighted by molar-refractivity contribution is -0.0328. The van der Waals surface area contributed by atoms with Crippen molar-refractivity contribution in [1.29, 1.82) is 0 Å². The van der Waals surface area contributed by atoms with E-state index in [1.54, 1.807) is 12.1 Å². The van der Waals surface area contributed by atoms with Gasteiger partial charge in [0.1, 0.15) is 0 Å². The highest BCUT2D eigenvalue weighted by atomic mass is 32.2. The second kappa shape index (κ2) is 16.3.